The summed E-state index contributed by atoms with van der Waals surface area (Å²) in [5.41, 5.74) is 3.01. The fourth-order valence-corrected chi connectivity index (χ4v) is 3.61. The van der Waals surface area contributed by atoms with Gasteiger partial charge < -0.3 is 14.2 Å². The molecule has 0 saturated carbocycles. The van der Waals surface area contributed by atoms with E-state index in [9.17, 15) is 9.59 Å². The summed E-state index contributed by atoms with van der Waals surface area (Å²) in [5.74, 6) is -0.448. The average molecular weight is 494 g/mol. The number of aryl methyl sites for hydroxylation is 1. The van der Waals surface area contributed by atoms with Crippen molar-refractivity contribution < 1.29 is 23.8 Å². The van der Waals surface area contributed by atoms with Gasteiger partial charge >= 0.3 is 12.1 Å². The second-order valence-electron chi connectivity index (χ2n) is 9.56. The van der Waals surface area contributed by atoms with E-state index in [2.05, 4.69) is 5.10 Å². The molecule has 0 atom stereocenters. The molecule has 8 heteroatoms. The number of ether oxygens (including phenoxy) is 3. The number of methoxy groups -OCH3 is 1. The third kappa shape index (κ3) is 7.95. The van der Waals surface area contributed by atoms with Crippen LogP contribution in [0.1, 0.15) is 54.5 Å². The van der Waals surface area contributed by atoms with E-state index < -0.39 is 17.7 Å². The standard InChI is InChI=1S/C28H35N3O5/c1-21-17-25(26(32)35-16-10-15-34-5)31(29-21)24-14-9-13-23(18-24)20-30(27(33)36-28(2,3)4)19-22-11-7-6-8-12-22/h6-9,11-14,17-18H,10,15-16,19-20H2,1-5H3. The van der Waals surface area contributed by atoms with Crippen LogP contribution >= 0.6 is 0 Å². The van der Waals surface area contributed by atoms with Gasteiger partial charge in [-0.1, -0.05) is 42.5 Å². The van der Waals surface area contributed by atoms with Gasteiger partial charge in [-0.25, -0.2) is 14.3 Å². The lowest BCUT2D eigenvalue weighted by Gasteiger charge is -2.27. The molecule has 8 nitrogen and oxygen atoms in total. The van der Waals surface area contributed by atoms with Gasteiger partial charge in [0.1, 0.15) is 5.60 Å². The van der Waals surface area contributed by atoms with E-state index in [1.807, 2.05) is 82.3 Å². The molecule has 1 amide bonds. The number of nitrogens with zero attached hydrogens (tertiary/aromatic N) is 3. The maximum atomic E-state index is 13.0. The van der Waals surface area contributed by atoms with Crippen LogP contribution in [0.15, 0.2) is 60.7 Å². The number of hydrogen-bond donors (Lipinski definition) is 0. The van der Waals surface area contributed by atoms with Gasteiger partial charge in [-0.05, 0) is 57.0 Å². The van der Waals surface area contributed by atoms with Gasteiger partial charge in [-0.2, -0.15) is 5.10 Å². The van der Waals surface area contributed by atoms with Crippen LogP contribution in [0.2, 0.25) is 0 Å². The summed E-state index contributed by atoms with van der Waals surface area (Å²) in [6.07, 6.45) is 0.222. The van der Waals surface area contributed by atoms with Crippen molar-refractivity contribution in [2.75, 3.05) is 20.3 Å². The fourth-order valence-electron chi connectivity index (χ4n) is 3.61. The third-order valence-electron chi connectivity index (χ3n) is 5.16. The van der Waals surface area contributed by atoms with Crippen molar-refractivity contribution >= 4 is 12.1 Å². The van der Waals surface area contributed by atoms with Gasteiger partial charge in [0.2, 0.25) is 0 Å². The molecule has 0 N–H and O–H groups in total. The highest BCUT2D eigenvalue weighted by molar-refractivity contribution is 5.88. The third-order valence-corrected chi connectivity index (χ3v) is 5.16. The molecule has 192 valence electrons. The van der Waals surface area contributed by atoms with Gasteiger partial charge in [-0.15, -0.1) is 0 Å². The molecule has 0 fully saturated rings. The van der Waals surface area contributed by atoms with E-state index in [0.717, 1.165) is 11.1 Å². The van der Waals surface area contributed by atoms with Crippen molar-refractivity contribution in [3.63, 3.8) is 0 Å². The van der Waals surface area contributed by atoms with Crippen molar-refractivity contribution in [2.45, 2.75) is 52.8 Å². The maximum absolute atomic E-state index is 13.0. The number of carbonyl (C=O) groups excluding carboxylic acids is 2. The molecular formula is C28H35N3O5. The number of aromatic nitrogens is 2. The zero-order valence-electron chi connectivity index (χ0n) is 21.7. The number of carbonyl (C=O) groups is 2. The molecule has 0 aliphatic carbocycles. The largest absolute Gasteiger partial charge is 0.461 e. The Morgan fingerprint density at radius 2 is 1.64 bits per heavy atom. The highest BCUT2D eigenvalue weighted by Gasteiger charge is 2.23. The zero-order valence-corrected chi connectivity index (χ0v) is 21.7. The number of benzene rings is 2. The summed E-state index contributed by atoms with van der Waals surface area (Å²) in [6.45, 7) is 8.89. The predicted molar refractivity (Wildman–Crippen MR) is 137 cm³/mol. The monoisotopic (exact) mass is 493 g/mol. The van der Waals surface area contributed by atoms with Crippen LogP contribution in [0.25, 0.3) is 5.69 Å². The molecule has 3 rings (SSSR count). The topological polar surface area (TPSA) is 82.9 Å². The Morgan fingerprint density at radius 3 is 2.33 bits per heavy atom. The number of rotatable bonds is 10. The van der Waals surface area contributed by atoms with Gasteiger partial charge in [0.15, 0.2) is 5.69 Å². The maximum Gasteiger partial charge on any atom is 0.410 e. The first-order chi connectivity index (χ1) is 17.2. The summed E-state index contributed by atoms with van der Waals surface area (Å²) in [5, 5.41) is 4.50. The lowest BCUT2D eigenvalue weighted by atomic mass is 10.1. The fraction of sp³-hybridized carbons (Fsp3) is 0.393. The van der Waals surface area contributed by atoms with E-state index in [1.165, 1.54) is 0 Å². The second-order valence-corrected chi connectivity index (χ2v) is 9.56. The molecule has 3 aromatic rings. The molecule has 2 aromatic carbocycles. The smallest absolute Gasteiger partial charge is 0.410 e. The molecule has 0 unspecified atom stereocenters. The van der Waals surface area contributed by atoms with Crippen LogP contribution < -0.4 is 0 Å². The normalized spacial score (nSPS) is 11.2. The minimum atomic E-state index is -0.612. The van der Waals surface area contributed by atoms with Crippen molar-refractivity contribution in [1.29, 1.82) is 0 Å². The van der Waals surface area contributed by atoms with E-state index in [0.29, 0.717) is 43.2 Å². The Labute approximate surface area is 212 Å². The molecule has 0 saturated heterocycles. The first kappa shape index (κ1) is 26.9. The summed E-state index contributed by atoms with van der Waals surface area (Å²) in [7, 11) is 1.61. The summed E-state index contributed by atoms with van der Waals surface area (Å²) in [6, 6.07) is 19.1. The van der Waals surface area contributed by atoms with Crippen LogP contribution in [-0.4, -0.2) is 52.7 Å². The number of esters is 1. The van der Waals surface area contributed by atoms with Crippen molar-refractivity contribution in [2.24, 2.45) is 0 Å². The Hall–Kier alpha value is -3.65. The zero-order chi connectivity index (χ0) is 26.1. The molecule has 0 aliphatic heterocycles. The van der Waals surface area contributed by atoms with E-state index in [1.54, 1.807) is 22.8 Å². The molecule has 1 heterocycles. The Morgan fingerprint density at radius 1 is 0.944 bits per heavy atom. The van der Waals surface area contributed by atoms with Crippen molar-refractivity contribution in [1.82, 2.24) is 14.7 Å². The predicted octanol–water partition coefficient (Wildman–Crippen LogP) is 5.31. The second kappa shape index (κ2) is 12.4. The molecule has 0 bridgehead atoms. The minimum Gasteiger partial charge on any atom is -0.461 e. The molecule has 0 spiro atoms. The van der Waals surface area contributed by atoms with Crippen molar-refractivity contribution in [3.05, 3.63) is 83.2 Å². The summed E-state index contributed by atoms with van der Waals surface area (Å²) < 4.78 is 17.6. The average Bonchev–Trinajstić information content (AvgIpc) is 3.23. The summed E-state index contributed by atoms with van der Waals surface area (Å²) >= 11 is 0. The number of amides is 1. The van der Waals surface area contributed by atoms with Crippen LogP contribution in [0, 0.1) is 6.92 Å². The van der Waals surface area contributed by atoms with Crippen LogP contribution in [-0.2, 0) is 27.3 Å². The lowest BCUT2D eigenvalue weighted by Crippen LogP contribution is -2.36. The van der Waals surface area contributed by atoms with E-state index >= 15 is 0 Å². The Balaban J connectivity index is 1.83. The number of hydrogen-bond acceptors (Lipinski definition) is 6. The van der Waals surface area contributed by atoms with E-state index in [4.69, 9.17) is 14.2 Å². The highest BCUT2D eigenvalue weighted by atomic mass is 16.6. The van der Waals surface area contributed by atoms with Crippen LogP contribution in [0.4, 0.5) is 4.79 Å². The van der Waals surface area contributed by atoms with Crippen molar-refractivity contribution in [3.8, 4) is 5.69 Å². The van der Waals surface area contributed by atoms with E-state index in [-0.39, 0.29) is 6.61 Å². The first-order valence-electron chi connectivity index (χ1n) is 12.0. The van der Waals surface area contributed by atoms with Gasteiger partial charge in [0.25, 0.3) is 0 Å². The van der Waals surface area contributed by atoms with Gasteiger partial charge in [0.05, 0.1) is 18.0 Å². The highest BCUT2D eigenvalue weighted by Crippen LogP contribution is 2.19. The first-order valence-corrected chi connectivity index (χ1v) is 12.0. The molecular weight excluding hydrogens is 458 g/mol. The lowest BCUT2D eigenvalue weighted by molar-refractivity contribution is 0.0216. The van der Waals surface area contributed by atoms with Crippen LogP contribution in [0.3, 0.4) is 0 Å². The molecule has 1 aromatic heterocycles. The SMILES string of the molecule is COCCCOC(=O)c1cc(C)nn1-c1cccc(CN(Cc2ccccc2)C(=O)OC(C)(C)C)c1. The summed E-state index contributed by atoms with van der Waals surface area (Å²) in [4.78, 5) is 27.4. The van der Waals surface area contributed by atoms with Gasteiger partial charge in [0, 0.05) is 33.2 Å². The molecule has 0 radical (unpaired) electrons. The van der Waals surface area contributed by atoms with Crippen LogP contribution in [0.5, 0.6) is 0 Å². The molecule has 0 aliphatic rings. The van der Waals surface area contributed by atoms with Gasteiger partial charge in [-0.3, -0.25) is 4.90 Å². The Bertz CT molecular complexity index is 1150. The molecule has 36 heavy (non-hydrogen) atoms. The Kier molecular flexibility index (Phi) is 9.25. The minimum absolute atomic E-state index is 0.265. The quantitative estimate of drug-likeness (QED) is 0.281.